The van der Waals surface area contributed by atoms with Crippen molar-refractivity contribution in [3.05, 3.63) is 41.5 Å². The Bertz CT molecular complexity index is 780. The van der Waals surface area contributed by atoms with Gasteiger partial charge in [-0.05, 0) is 36.8 Å². The minimum absolute atomic E-state index is 0.253. The van der Waals surface area contributed by atoms with Gasteiger partial charge in [-0.3, -0.25) is 4.79 Å². The molecule has 0 spiro atoms. The number of rotatable bonds is 8. The van der Waals surface area contributed by atoms with Gasteiger partial charge in [0.05, 0.1) is 41.6 Å². The minimum Gasteiger partial charge on any atom is -0.493 e. The lowest BCUT2D eigenvalue weighted by Crippen LogP contribution is -2.26. The molecule has 1 atom stereocenters. The summed E-state index contributed by atoms with van der Waals surface area (Å²) < 4.78 is 26.4. The number of nitrogens with one attached hydrogen (secondary N) is 1. The van der Waals surface area contributed by atoms with Crippen molar-refractivity contribution in [1.29, 1.82) is 0 Å². The van der Waals surface area contributed by atoms with Crippen molar-refractivity contribution in [2.75, 3.05) is 35.5 Å². The zero-order valence-corrected chi connectivity index (χ0v) is 16.4. The van der Waals surface area contributed by atoms with E-state index in [-0.39, 0.29) is 11.9 Å². The van der Waals surface area contributed by atoms with Gasteiger partial charge >= 0.3 is 0 Å². The summed E-state index contributed by atoms with van der Waals surface area (Å²) in [5, 5.41) is 2.95. The van der Waals surface area contributed by atoms with Gasteiger partial charge in [-0.1, -0.05) is 6.07 Å². The highest BCUT2D eigenvalue weighted by Crippen LogP contribution is 2.38. The van der Waals surface area contributed by atoms with E-state index in [0.717, 1.165) is 5.56 Å². The lowest BCUT2D eigenvalue weighted by Gasteiger charge is -2.18. The van der Waals surface area contributed by atoms with Gasteiger partial charge < -0.3 is 29.0 Å². The second kappa shape index (κ2) is 9.02. The van der Waals surface area contributed by atoms with E-state index in [9.17, 15) is 4.79 Å². The van der Waals surface area contributed by atoms with Gasteiger partial charge in [0.15, 0.2) is 23.0 Å². The number of amides is 1. The first-order valence-corrected chi connectivity index (χ1v) is 8.31. The van der Waals surface area contributed by atoms with Gasteiger partial charge in [-0.2, -0.15) is 0 Å². The molecule has 146 valence electrons. The highest BCUT2D eigenvalue weighted by Gasteiger charge is 2.19. The zero-order chi connectivity index (χ0) is 20.0. The van der Waals surface area contributed by atoms with Crippen LogP contribution < -0.4 is 29.0 Å². The average molecular weight is 375 g/mol. The molecule has 0 bridgehead atoms. The van der Waals surface area contributed by atoms with Crippen molar-refractivity contribution < 1.29 is 28.5 Å². The van der Waals surface area contributed by atoms with Gasteiger partial charge in [0.2, 0.25) is 5.75 Å². The Morgan fingerprint density at radius 1 is 0.778 bits per heavy atom. The second-order valence-electron chi connectivity index (χ2n) is 5.72. The first kappa shape index (κ1) is 20.2. The molecule has 2 rings (SSSR count). The molecule has 0 radical (unpaired) electrons. The maximum Gasteiger partial charge on any atom is 0.252 e. The number of benzene rings is 2. The van der Waals surface area contributed by atoms with E-state index in [0.29, 0.717) is 34.3 Å². The van der Waals surface area contributed by atoms with Crippen LogP contribution in [0.2, 0.25) is 0 Å². The quantitative estimate of drug-likeness (QED) is 0.764. The monoisotopic (exact) mass is 375 g/mol. The third-order valence-electron chi connectivity index (χ3n) is 4.18. The van der Waals surface area contributed by atoms with E-state index in [1.807, 2.05) is 19.1 Å². The van der Waals surface area contributed by atoms with E-state index in [4.69, 9.17) is 23.7 Å². The van der Waals surface area contributed by atoms with Gasteiger partial charge in [-0.25, -0.2) is 0 Å². The fourth-order valence-electron chi connectivity index (χ4n) is 2.70. The van der Waals surface area contributed by atoms with Crippen LogP contribution in [0.5, 0.6) is 28.7 Å². The van der Waals surface area contributed by atoms with Crippen LogP contribution in [-0.2, 0) is 0 Å². The molecular formula is C20H25NO6. The van der Waals surface area contributed by atoms with E-state index in [1.165, 1.54) is 21.3 Å². The summed E-state index contributed by atoms with van der Waals surface area (Å²) in [6.45, 7) is 1.89. The molecular weight excluding hydrogens is 350 g/mol. The minimum atomic E-state index is -0.267. The molecule has 27 heavy (non-hydrogen) atoms. The third kappa shape index (κ3) is 4.36. The Labute approximate surface area is 159 Å². The Morgan fingerprint density at radius 3 is 1.81 bits per heavy atom. The van der Waals surface area contributed by atoms with Gasteiger partial charge in [0.25, 0.3) is 5.91 Å². The van der Waals surface area contributed by atoms with Crippen LogP contribution in [0.25, 0.3) is 0 Å². The summed E-state index contributed by atoms with van der Waals surface area (Å²) in [7, 11) is 7.67. The van der Waals surface area contributed by atoms with E-state index in [2.05, 4.69) is 5.32 Å². The van der Waals surface area contributed by atoms with Crippen molar-refractivity contribution in [2.45, 2.75) is 13.0 Å². The average Bonchev–Trinajstić information content (AvgIpc) is 2.71. The zero-order valence-electron chi connectivity index (χ0n) is 16.4. The molecule has 0 saturated heterocycles. The van der Waals surface area contributed by atoms with Crippen molar-refractivity contribution >= 4 is 5.91 Å². The lowest BCUT2D eigenvalue weighted by molar-refractivity contribution is 0.0939. The van der Waals surface area contributed by atoms with Crippen LogP contribution in [0.15, 0.2) is 30.3 Å². The summed E-state index contributed by atoms with van der Waals surface area (Å²) in [5.74, 6) is 2.23. The Balaban J connectivity index is 2.26. The molecule has 2 aromatic carbocycles. The van der Waals surface area contributed by atoms with Crippen LogP contribution >= 0.6 is 0 Å². The molecule has 0 aliphatic rings. The summed E-state index contributed by atoms with van der Waals surface area (Å²) in [4.78, 5) is 12.7. The maximum absolute atomic E-state index is 12.7. The molecule has 0 aromatic heterocycles. The molecule has 7 heteroatoms. The van der Waals surface area contributed by atoms with Crippen LogP contribution in [0.4, 0.5) is 0 Å². The Kier molecular flexibility index (Phi) is 6.76. The fraction of sp³-hybridized carbons (Fsp3) is 0.350. The van der Waals surface area contributed by atoms with Crippen molar-refractivity contribution in [3.8, 4) is 28.7 Å². The first-order valence-electron chi connectivity index (χ1n) is 8.31. The summed E-state index contributed by atoms with van der Waals surface area (Å²) >= 11 is 0. The van der Waals surface area contributed by atoms with Crippen molar-refractivity contribution in [3.63, 3.8) is 0 Å². The van der Waals surface area contributed by atoms with Crippen molar-refractivity contribution in [1.82, 2.24) is 5.32 Å². The number of carbonyl (C=O) groups excluding carboxylic acids is 1. The van der Waals surface area contributed by atoms with Crippen molar-refractivity contribution in [2.24, 2.45) is 0 Å². The van der Waals surface area contributed by atoms with Gasteiger partial charge in [0, 0.05) is 5.56 Å². The molecule has 7 nitrogen and oxygen atoms in total. The molecule has 2 aromatic rings. The van der Waals surface area contributed by atoms with E-state index in [1.54, 1.807) is 32.4 Å². The fourth-order valence-corrected chi connectivity index (χ4v) is 2.70. The van der Waals surface area contributed by atoms with Crippen LogP contribution in [0.3, 0.4) is 0 Å². The smallest absolute Gasteiger partial charge is 0.252 e. The maximum atomic E-state index is 12.7. The molecule has 0 fully saturated rings. The standard InChI is InChI=1S/C20H25NO6/c1-12(13-7-8-15(23-2)16(9-13)24-3)21-20(22)14-10-17(25-4)19(27-6)18(11-14)26-5/h7-12H,1-6H3,(H,21,22)/t12-/m0/s1. The number of ether oxygens (including phenoxy) is 5. The Morgan fingerprint density at radius 2 is 1.33 bits per heavy atom. The van der Waals surface area contributed by atoms with Gasteiger partial charge in [-0.15, -0.1) is 0 Å². The van der Waals surface area contributed by atoms with Gasteiger partial charge in [0.1, 0.15) is 0 Å². The number of hydrogen-bond acceptors (Lipinski definition) is 6. The number of methoxy groups -OCH3 is 5. The lowest BCUT2D eigenvalue weighted by atomic mass is 10.1. The summed E-state index contributed by atoms with van der Waals surface area (Å²) in [6.07, 6.45) is 0. The third-order valence-corrected chi connectivity index (χ3v) is 4.18. The largest absolute Gasteiger partial charge is 0.493 e. The SMILES string of the molecule is COc1ccc([C@H](C)NC(=O)c2cc(OC)c(OC)c(OC)c2)cc1OC. The van der Waals surface area contributed by atoms with E-state index >= 15 is 0 Å². The van der Waals surface area contributed by atoms with Crippen LogP contribution in [0, 0.1) is 0 Å². The normalized spacial score (nSPS) is 11.3. The molecule has 0 unspecified atom stereocenters. The van der Waals surface area contributed by atoms with Crippen LogP contribution in [-0.4, -0.2) is 41.5 Å². The topological polar surface area (TPSA) is 75.3 Å². The van der Waals surface area contributed by atoms with E-state index < -0.39 is 0 Å². The second-order valence-corrected chi connectivity index (χ2v) is 5.72. The molecule has 0 aliphatic heterocycles. The number of hydrogen-bond donors (Lipinski definition) is 1. The Hall–Kier alpha value is -3.09. The highest BCUT2D eigenvalue weighted by molar-refractivity contribution is 5.95. The predicted octanol–water partition coefficient (Wildman–Crippen LogP) is 3.22. The molecule has 0 aliphatic carbocycles. The molecule has 0 saturated carbocycles. The predicted molar refractivity (Wildman–Crippen MR) is 102 cm³/mol. The van der Waals surface area contributed by atoms with Crippen LogP contribution in [0.1, 0.15) is 28.9 Å². The molecule has 0 heterocycles. The molecule has 1 amide bonds. The summed E-state index contributed by atoms with van der Waals surface area (Å²) in [6, 6.07) is 8.48. The number of carbonyl (C=O) groups is 1. The first-order chi connectivity index (χ1) is 13.0. The summed E-state index contributed by atoms with van der Waals surface area (Å²) in [5.41, 5.74) is 1.28. The molecule has 1 N–H and O–H groups in total. The highest BCUT2D eigenvalue weighted by atomic mass is 16.5.